The van der Waals surface area contributed by atoms with Crippen LogP contribution in [0.5, 0.6) is 0 Å². The van der Waals surface area contributed by atoms with E-state index in [2.05, 4.69) is 21.9 Å². The number of anilines is 1. The van der Waals surface area contributed by atoms with Crippen molar-refractivity contribution in [3.8, 4) is 0 Å². The van der Waals surface area contributed by atoms with Crippen molar-refractivity contribution >= 4 is 17.4 Å². The summed E-state index contributed by atoms with van der Waals surface area (Å²) >= 11 is 5.65. The van der Waals surface area contributed by atoms with Crippen LogP contribution in [0, 0.1) is 5.82 Å². The van der Waals surface area contributed by atoms with Crippen LogP contribution in [0.2, 0.25) is 5.28 Å². The van der Waals surface area contributed by atoms with Crippen LogP contribution in [0.4, 0.5) is 10.2 Å². The molecule has 0 bridgehead atoms. The Balaban J connectivity index is 2.06. The van der Waals surface area contributed by atoms with Gasteiger partial charge in [-0.15, -0.1) is 6.58 Å². The summed E-state index contributed by atoms with van der Waals surface area (Å²) in [7, 11) is 0. The maximum Gasteiger partial charge on any atom is 0.224 e. The molecule has 1 aromatic heterocycles. The molecule has 1 saturated carbocycles. The second-order valence-corrected chi connectivity index (χ2v) is 5.33. The number of hydrogen-bond donors (Lipinski definition) is 2. The molecule has 0 radical (unpaired) electrons. The van der Waals surface area contributed by atoms with E-state index in [-0.39, 0.29) is 17.1 Å². The van der Waals surface area contributed by atoms with Crippen molar-refractivity contribution in [2.75, 3.05) is 5.32 Å². The van der Waals surface area contributed by atoms with Crippen LogP contribution >= 0.6 is 11.6 Å². The lowest BCUT2D eigenvalue weighted by atomic mass is 9.80. The molecule has 2 N–H and O–H groups in total. The van der Waals surface area contributed by atoms with E-state index in [1.165, 1.54) is 0 Å². The van der Waals surface area contributed by atoms with Crippen LogP contribution in [0.1, 0.15) is 32.1 Å². The molecule has 2 atom stereocenters. The van der Waals surface area contributed by atoms with Gasteiger partial charge >= 0.3 is 0 Å². The molecule has 2 unspecified atom stereocenters. The zero-order valence-electron chi connectivity index (χ0n) is 10.6. The third kappa shape index (κ3) is 3.64. The standard InChI is InChI=1S/C13H17ClFN3O/c1-2-5-13(19)6-3-4-9(7-13)17-11-10(15)8-16-12(14)18-11/h2,8-9,19H,1,3-7H2,(H,16,17,18). The molecule has 1 aromatic rings. The lowest BCUT2D eigenvalue weighted by molar-refractivity contribution is 0.00294. The van der Waals surface area contributed by atoms with Gasteiger partial charge in [-0.1, -0.05) is 6.08 Å². The average Bonchev–Trinajstić information content (AvgIpc) is 2.34. The topological polar surface area (TPSA) is 58.0 Å². The molecule has 104 valence electrons. The van der Waals surface area contributed by atoms with E-state index in [0.717, 1.165) is 25.5 Å². The lowest BCUT2D eigenvalue weighted by Crippen LogP contribution is -2.40. The summed E-state index contributed by atoms with van der Waals surface area (Å²) in [6, 6.07) is -0.0285. The number of rotatable bonds is 4. The molecule has 0 aromatic carbocycles. The molecular weight excluding hydrogens is 269 g/mol. The van der Waals surface area contributed by atoms with Gasteiger partial charge in [-0.3, -0.25) is 0 Å². The zero-order chi connectivity index (χ0) is 13.9. The minimum atomic E-state index is -0.759. The molecule has 0 spiro atoms. The van der Waals surface area contributed by atoms with Crippen LogP contribution in [0.15, 0.2) is 18.9 Å². The van der Waals surface area contributed by atoms with Crippen LogP contribution in [0.3, 0.4) is 0 Å². The second kappa shape index (κ2) is 5.84. The number of aromatic nitrogens is 2. The highest BCUT2D eigenvalue weighted by Crippen LogP contribution is 2.33. The van der Waals surface area contributed by atoms with Crippen molar-refractivity contribution in [3.63, 3.8) is 0 Å². The largest absolute Gasteiger partial charge is 0.389 e. The van der Waals surface area contributed by atoms with Crippen molar-refractivity contribution in [3.05, 3.63) is 30.0 Å². The van der Waals surface area contributed by atoms with Gasteiger partial charge in [0.15, 0.2) is 11.6 Å². The summed E-state index contributed by atoms with van der Waals surface area (Å²) < 4.78 is 13.5. The van der Waals surface area contributed by atoms with E-state index in [1.54, 1.807) is 6.08 Å². The van der Waals surface area contributed by atoms with E-state index >= 15 is 0 Å². The molecule has 1 aliphatic carbocycles. The minimum absolute atomic E-state index is 0.000984. The van der Waals surface area contributed by atoms with Crippen LogP contribution in [-0.2, 0) is 0 Å². The number of hydrogen-bond acceptors (Lipinski definition) is 4. The molecule has 1 aliphatic rings. The molecule has 2 rings (SSSR count). The molecule has 6 heteroatoms. The SMILES string of the molecule is C=CCC1(O)CCCC(Nc2nc(Cl)ncc2F)C1. The first-order valence-corrected chi connectivity index (χ1v) is 6.68. The molecular formula is C13H17ClFN3O. The molecule has 0 aliphatic heterocycles. The maximum absolute atomic E-state index is 13.5. The number of nitrogens with zero attached hydrogens (tertiary/aromatic N) is 2. The summed E-state index contributed by atoms with van der Waals surface area (Å²) in [6.45, 7) is 3.66. The number of nitrogens with one attached hydrogen (secondary N) is 1. The predicted molar refractivity (Wildman–Crippen MR) is 72.6 cm³/mol. The Morgan fingerprint density at radius 2 is 2.47 bits per heavy atom. The molecule has 1 heterocycles. The highest BCUT2D eigenvalue weighted by atomic mass is 35.5. The second-order valence-electron chi connectivity index (χ2n) is 4.99. The zero-order valence-corrected chi connectivity index (χ0v) is 11.3. The summed E-state index contributed by atoms with van der Waals surface area (Å²) in [4.78, 5) is 7.39. The average molecular weight is 286 g/mol. The Kier molecular flexibility index (Phi) is 4.37. The van der Waals surface area contributed by atoms with Crippen molar-refractivity contribution in [2.24, 2.45) is 0 Å². The Labute approximate surface area is 116 Å². The van der Waals surface area contributed by atoms with Gasteiger partial charge in [0.25, 0.3) is 0 Å². The van der Waals surface area contributed by atoms with Crippen LogP contribution < -0.4 is 5.32 Å². The van der Waals surface area contributed by atoms with Gasteiger partial charge in [-0.05, 0) is 43.7 Å². The third-order valence-electron chi connectivity index (χ3n) is 3.40. The van der Waals surface area contributed by atoms with Crippen molar-refractivity contribution in [2.45, 2.75) is 43.7 Å². The number of halogens is 2. The van der Waals surface area contributed by atoms with Gasteiger partial charge in [0.05, 0.1) is 11.8 Å². The van der Waals surface area contributed by atoms with E-state index in [4.69, 9.17) is 11.6 Å². The van der Waals surface area contributed by atoms with Gasteiger partial charge < -0.3 is 10.4 Å². The van der Waals surface area contributed by atoms with E-state index in [9.17, 15) is 9.50 Å². The van der Waals surface area contributed by atoms with E-state index < -0.39 is 11.4 Å². The van der Waals surface area contributed by atoms with Gasteiger partial charge in [-0.2, -0.15) is 4.98 Å². The van der Waals surface area contributed by atoms with E-state index in [1.807, 2.05) is 0 Å². The quantitative estimate of drug-likeness (QED) is 0.660. The smallest absolute Gasteiger partial charge is 0.224 e. The first kappa shape index (κ1) is 14.2. The van der Waals surface area contributed by atoms with Crippen molar-refractivity contribution < 1.29 is 9.50 Å². The first-order chi connectivity index (χ1) is 9.02. The van der Waals surface area contributed by atoms with Gasteiger partial charge in [0, 0.05) is 6.04 Å². The summed E-state index contributed by atoms with van der Waals surface area (Å²) in [5, 5.41) is 13.4. The lowest BCUT2D eigenvalue weighted by Gasteiger charge is -2.36. The number of aliphatic hydroxyl groups is 1. The normalized spacial score (nSPS) is 27.0. The predicted octanol–water partition coefficient (Wildman–Crippen LogP) is 2.93. The maximum atomic E-state index is 13.5. The monoisotopic (exact) mass is 285 g/mol. The molecule has 19 heavy (non-hydrogen) atoms. The molecule has 0 saturated heterocycles. The summed E-state index contributed by atoms with van der Waals surface area (Å²) in [6.07, 6.45) is 6.31. The Hall–Kier alpha value is -1.20. The highest BCUT2D eigenvalue weighted by molar-refractivity contribution is 6.28. The van der Waals surface area contributed by atoms with Crippen molar-refractivity contribution in [1.82, 2.24) is 9.97 Å². The highest BCUT2D eigenvalue weighted by Gasteiger charge is 2.33. The third-order valence-corrected chi connectivity index (χ3v) is 3.58. The fraction of sp³-hybridized carbons (Fsp3) is 0.538. The fourth-order valence-corrected chi connectivity index (χ4v) is 2.69. The van der Waals surface area contributed by atoms with Gasteiger partial charge in [0.2, 0.25) is 5.28 Å². The Bertz CT molecular complexity index is 471. The van der Waals surface area contributed by atoms with Crippen LogP contribution in [0.25, 0.3) is 0 Å². The van der Waals surface area contributed by atoms with E-state index in [0.29, 0.717) is 12.8 Å². The minimum Gasteiger partial charge on any atom is -0.389 e. The van der Waals surface area contributed by atoms with Gasteiger partial charge in [-0.25, -0.2) is 9.37 Å². The molecule has 0 amide bonds. The Morgan fingerprint density at radius 1 is 1.68 bits per heavy atom. The first-order valence-electron chi connectivity index (χ1n) is 6.30. The van der Waals surface area contributed by atoms with Crippen LogP contribution in [-0.4, -0.2) is 26.7 Å². The summed E-state index contributed by atoms with van der Waals surface area (Å²) in [5.41, 5.74) is -0.759. The van der Waals surface area contributed by atoms with Crippen molar-refractivity contribution in [1.29, 1.82) is 0 Å². The fourth-order valence-electron chi connectivity index (χ4n) is 2.56. The Morgan fingerprint density at radius 3 is 3.21 bits per heavy atom. The molecule has 4 nitrogen and oxygen atoms in total. The molecule has 1 fully saturated rings. The van der Waals surface area contributed by atoms with Gasteiger partial charge in [0.1, 0.15) is 0 Å². The summed E-state index contributed by atoms with van der Waals surface area (Å²) in [5.74, 6) is -0.449.